The summed E-state index contributed by atoms with van der Waals surface area (Å²) in [5.74, 6) is -4.40. The molecule has 0 bridgehead atoms. The lowest BCUT2D eigenvalue weighted by atomic mass is 9.78. The first-order valence-corrected chi connectivity index (χ1v) is 19.2. The van der Waals surface area contributed by atoms with Crippen molar-refractivity contribution in [3.05, 3.63) is 35.5 Å². The van der Waals surface area contributed by atoms with Crippen molar-refractivity contribution in [3.8, 4) is 0 Å². The average Bonchev–Trinajstić information content (AvgIpc) is 3.78. The molecule has 12 nitrogen and oxygen atoms in total. The number of alkyl halides is 5. The molecular weight excluding hydrogens is 711 g/mol. The van der Waals surface area contributed by atoms with Crippen LogP contribution in [0.5, 0.6) is 0 Å². The molecule has 6 heterocycles. The standard InChI is InChI=1S/C28H39F5N8O.C9H14N2O/c1-17(18-3-5-27(29,30)6-4-18)23-16-41-26(35-23)36-24(40-10-9-39-8-7-38(2)14-21(39)15-40)22(37-41)12-19-11-20(28(31,32)33)13-34-25(19)42;1-4-11-8(5-6-10-11)9(12)7(2)3/h16-21H,3-15H2,1-2H3,(H,34,42);5-7H,4H2,1-3H3/t17?,19-,20-,21?;/m1./s1. The number of ketones is 1. The molecule has 3 aromatic heterocycles. The number of aromatic nitrogens is 6. The highest BCUT2D eigenvalue weighted by atomic mass is 19.4. The largest absolute Gasteiger partial charge is 0.393 e. The lowest BCUT2D eigenvalue weighted by molar-refractivity contribution is -0.183. The summed E-state index contributed by atoms with van der Waals surface area (Å²) < 4.78 is 71.5. The van der Waals surface area contributed by atoms with E-state index in [1.165, 1.54) is 4.52 Å². The van der Waals surface area contributed by atoms with E-state index in [4.69, 9.17) is 15.1 Å². The molecule has 4 aliphatic rings. The number of piperidine rings is 1. The number of rotatable bonds is 8. The van der Waals surface area contributed by atoms with Crippen molar-refractivity contribution in [1.29, 1.82) is 0 Å². The number of amides is 1. The molecule has 4 atom stereocenters. The quantitative estimate of drug-likeness (QED) is 0.248. The van der Waals surface area contributed by atoms with Crippen LogP contribution in [0.1, 0.15) is 87.6 Å². The highest BCUT2D eigenvalue weighted by molar-refractivity contribution is 5.95. The number of imidazole rings is 1. The Bertz CT molecular complexity index is 1770. The van der Waals surface area contributed by atoms with E-state index in [2.05, 4.69) is 32.2 Å². The van der Waals surface area contributed by atoms with Gasteiger partial charge in [0.05, 0.1) is 17.8 Å². The summed E-state index contributed by atoms with van der Waals surface area (Å²) in [6.07, 6.45) is -0.689. The number of carbonyl (C=O) groups is 2. The Labute approximate surface area is 312 Å². The van der Waals surface area contributed by atoms with E-state index in [1.807, 2.05) is 27.7 Å². The van der Waals surface area contributed by atoms with Crippen molar-refractivity contribution in [2.75, 3.05) is 57.8 Å². The molecule has 298 valence electrons. The topological polar surface area (TPSA) is 117 Å². The zero-order chi connectivity index (χ0) is 38.9. The van der Waals surface area contributed by atoms with Gasteiger partial charge in [0, 0.05) is 102 Å². The fraction of sp³-hybridized carbons (Fsp3) is 0.730. The smallest absolute Gasteiger partial charge is 0.355 e. The predicted molar refractivity (Wildman–Crippen MR) is 193 cm³/mol. The summed E-state index contributed by atoms with van der Waals surface area (Å²) in [4.78, 5) is 40.8. The summed E-state index contributed by atoms with van der Waals surface area (Å²) in [5.41, 5.74) is 1.89. The van der Waals surface area contributed by atoms with Gasteiger partial charge in [-0.25, -0.2) is 18.3 Å². The lowest BCUT2D eigenvalue weighted by Crippen LogP contribution is -2.61. The molecule has 3 saturated heterocycles. The number of likely N-dealkylation sites (N-methyl/N-ethyl adjacent to an activating group) is 1. The zero-order valence-corrected chi connectivity index (χ0v) is 31.8. The second-order valence-electron chi connectivity index (χ2n) is 15.8. The van der Waals surface area contributed by atoms with Crippen LogP contribution >= 0.6 is 0 Å². The molecule has 3 aromatic rings. The van der Waals surface area contributed by atoms with E-state index in [9.17, 15) is 31.5 Å². The molecule has 1 N–H and O–H groups in total. The average molecular weight is 765 g/mol. The molecule has 4 fully saturated rings. The highest BCUT2D eigenvalue weighted by Crippen LogP contribution is 2.42. The first-order valence-electron chi connectivity index (χ1n) is 19.2. The first-order chi connectivity index (χ1) is 25.5. The van der Waals surface area contributed by atoms with Crippen molar-refractivity contribution in [3.63, 3.8) is 0 Å². The predicted octanol–water partition coefficient (Wildman–Crippen LogP) is 5.09. The normalized spacial score (nSPS) is 24.9. The van der Waals surface area contributed by atoms with Gasteiger partial charge in [-0.15, -0.1) is 0 Å². The van der Waals surface area contributed by atoms with Gasteiger partial charge < -0.3 is 15.1 Å². The third-order valence-corrected chi connectivity index (χ3v) is 11.7. The molecule has 2 unspecified atom stereocenters. The summed E-state index contributed by atoms with van der Waals surface area (Å²) in [5, 5.41) is 11.3. The zero-order valence-electron chi connectivity index (χ0n) is 31.8. The van der Waals surface area contributed by atoms with E-state index >= 15 is 0 Å². The number of anilines is 1. The molecule has 0 radical (unpaired) electrons. The third-order valence-electron chi connectivity index (χ3n) is 11.7. The van der Waals surface area contributed by atoms with Crippen molar-refractivity contribution >= 4 is 23.3 Å². The van der Waals surface area contributed by atoms with Gasteiger partial charge in [0.15, 0.2) is 11.6 Å². The Hall–Kier alpha value is -3.73. The SMILES string of the molecule is CC(c1cn2nc(C[C@H]3C[C@@H](C(F)(F)F)CNC3=O)c(N3CCN4CCN(C)CC4C3)nc2n1)C1CCC(F)(F)CC1.CCn1nccc1C(=O)C(C)C. The van der Waals surface area contributed by atoms with Crippen LogP contribution in [0.15, 0.2) is 18.5 Å². The van der Waals surface area contributed by atoms with Crippen LogP contribution < -0.4 is 10.2 Å². The summed E-state index contributed by atoms with van der Waals surface area (Å²) in [6.45, 7) is 13.2. The summed E-state index contributed by atoms with van der Waals surface area (Å²) in [6, 6.07) is 2.04. The fourth-order valence-corrected chi connectivity index (χ4v) is 8.22. The Morgan fingerprint density at radius 3 is 2.46 bits per heavy atom. The van der Waals surface area contributed by atoms with E-state index in [0.717, 1.165) is 32.7 Å². The molecule has 3 aliphatic heterocycles. The fourth-order valence-electron chi connectivity index (χ4n) is 8.22. The van der Waals surface area contributed by atoms with Gasteiger partial charge in [0.25, 0.3) is 5.78 Å². The summed E-state index contributed by atoms with van der Waals surface area (Å²) in [7, 11) is 2.09. The number of halogens is 5. The number of aryl methyl sites for hydroxylation is 1. The Morgan fingerprint density at radius 2 is 1.78 bits per heavy atom. The van der Waals surface area contributed by atoms with Gasteiger partial charge in [0.1, 0.15) is 11.4 Å². The van der Waals surface area contributed by atoms with Crippen molar-refractivity contribution in [2.24, 2.45) is 23.7 Å². The molecule has 54 heavy (non-hydrogen) atoms. The number of nitrogens with zero attached hydrogens (tertiary/aromatic N) is 9. The van der Waals surface area contributed by atoms with Crippen molar-refractivity contribution in [2.45, 2.75) is 96.8 Å². The Morgan fingerprint density at radius 1 is 1.06 bits per heavy atom. The number of nitrogens with one attached hydrogen (secondary N) is 1. The van der Waals surface area contributed by atoms with Gasteiger partial charge in [-0.05, 0) is 45.2 Å². The molecule has 17 heteroatoms. The monoisotopic (exact) mass is 764 g/mol. The maximum Gasteiger partial charge on any atom is 0.393 e. The van der Waals surface area contributed by atoms with Gasteiger partial charge in [-0.1, -0.05) is 20.8 Å². The Kier molecular flexibility index (Phi) is 12.0. The van der Waals surface area contributed by atoms with Crippen molar-refractivity contribution in [1.82, 2.24) is 44.5 Å². The van der Waals surface area contributed by atoms with Crippen molar-refractivity contribution < 1.29 is 31.5 Å². The van der Waals surface area contributed by atoms with Crippen LogP contribution in [-0.4, -0.2) is 122 Å². The molecule has 1 saturated carbocycles. The first kappa shape index (κ1) is 39.9. The van der Waals surface area contributed by atoms with Crippen LogP contribution in [0.2, 0.25) is 0 Å². The van der Waals surface area contributed by atoms with Gasteiger partial charge in [-0.2, -0.15) is 28.4 Å². The van der Waals surface area contributed by atoms with Gasteiger partial charge in [-0.3, -0.25) is 19.2 Å². The van der Waals surface area contributed by atoms with Crippen LogP contribution in [0.3, 0.4) is 0 Å². The number of fused-ring (bicyclic) bond motifs is 2. The number of Topliss-reactive ketones (excluding diaryl/α,β-unsaturated/α-hetero) is 1. The minimum Gasteiger partial charge on any atom is -0.355 e. The highest BCUT2D eigenvalue weighted by Gasteiger charge is 2.45. The molecular formula is C37H53F5N10O2. The van der Waals surface area contributed by atoms with Gasteiger partial charge >= 0.3 is 6.18 Å². The maximum atomic E-state index is 13.8. The van der Waals surface area contributed by atoms with E-state index in [1.54, 1.807) is 23.1 Å². The second kappa shape index (κ2) is 16.2. The van der Waals surface area contributed by atoms with E-state index in [-0.39, 0.29) is 55.3 Å². The number of carbonyl (C=O) groups excluding carboxylic acids is 2. The molecule has 0 aromatic carbocycles. The number of piperazine rings is 2. The van der Waals surface area contributed by atoms with Crippen LogP contribution in [0.4, 0.5) is 27.8 Å². The minimum absolute atomic E-state index is 0.0300. The van der Waals surface area contributed by atoms with Gasteiger partial charge in [0.2, 0.25) is 11.8 Å². The van der Waals surface area contributed by atoms with Crippen LogP contribution in [0, 0.1) is 23.7 Å². The summed E-state index contributed by atoms with van der Waals surface area (Å²) >= 11 is 0. The number of hydrogen-bond donors (Lipinski definition) is 1. The minimum atomic E-state index is -4.40. The van der Waals surface area contributed by atoms with Crippen LogP contribution in [-0.2, 0) is 17.8 Å². The molecule has 0 spiro atoms. The third kappa shape index (κ3) is 9.03. The second-order valence-corrected chi connectivity index (χ2v) is 15.8. The lowest BCUT2D eigenvalue weighted by Gasteiger charge is -2.47. The number of hydrogen-bond acceptors (Lipinski definition) is 9. The molecule has 7 rings (SSSR count). The molecule has 1 amide bonds. The van der Waals surface area contributed by atoms with Crippen LogP contribution in [0.25, 0.3) is 5.78 Å². The Balaban J connectivity index is 0.000000354. The maximum absolute atomic E-state index is 13.8. The van der Waals surface area contributed by atoms with E-state index in [0.29, 0.717) is 54.6 Å². The van der Waals surface area contributed by atoms with E-state index < -0.39 is 36.4 Å². The molecule has 1 aliphatic carbocycles.